The van der Waals surface area contributed by atoms with Crippen molar-refractivity contribution in [3.8, 4) is 0 Å². The molecule has 2 heterocycles. The standard InChI is InChI=1S/C8H14O2S/c9-11-6-2-1-3-8(11)4-5-10-7-8/h1-7H2. The fourth-order valence-electron chi connectivity index (χ4n) is 1.98. The summed E-state index contributed by atoms with van der Waals surface area (Å²) in [7, 11) is 0. The van der Waals surface area contributed by atoms with Crippen LogP contribution in [-0.4, -0.2) is 28.3 Å². The Morgan fingerprint density at radius 2 is 2.18 bits per heavy atom. The van der Waals surface area contributed by atoms with Crippen LogP contribution in [0.15, 0.2) is 0 Å². The summed E-state index contributed by atoms with van der Waals surface area (Å²) < 4.78 is 17.0. The van der Waals surface area contributed by atoms with Crippen LogP contribution in [0.25, 0.3) is 0 Å². The van der Waals surface area contributed by atoms with Gasteiger partial charge < -0.3 is 9.29 Å². The molecule has 0 radical (unpaired) electrons. The van der Waals surface area contributed by atoms with Crippen LogP contribution in [-0.2, 0) is 15.9 Å². The molecule has 2 rings (SSSR count). The van der Waals surface area contributed by atoms with Gasteiger partial charge in [-0.3, -0.25) is 0 Å². The van der Waals surface area contributed by atoms with Crippen LogP contribution >= 0.6 is 0 Å². The van der Waals surface area contributed by atoms with Crippen molar-refractivity contribution in [1.29, 1.82) is 0 Å². The largest absolute Gasteiger partial charge is 0.616 e. The minimum Gasteiger partial charge on any atom is -0.616 e. The highest BCUT2D eigenvalue weighted by molar-refractivity contribution is 7.92. The molecule has 0 aromatic carbocycles. The lowest BCUT2D eigenvalue weighted by Crippen LogP contribution is -2.43. The predicted octanol–water partition coefficient (Wildman–Crippen LogP) is 1.08. The zero-order valence-electron chi connectivity index (χ0n) is 6.67. The molecule has 0 aromatic rings. The first-order valence-electron chi connectivity index (χ1n) is 4.30. The van der Waals surface area contributed by atoms with E-state index >= 15 is 0 Å². The molecule has 0 bridgehead atoms. The van der Waals surface area contributed by atoms with Gasteiger partial charge in [-0.05, 0) is 24.0 Å². The fraction of sp³-hybridized carbons (Fsp3) is 1.00. The Kier molecular flexibility index (Phi) is 2.12. The van der Waals surface area contributed by atoms with Crippen molar-refractivity contribution in [2.75, 3.05) is 19.0 Å². The van der Waals surface area contributed by atoms with Crippen molar-refractivity contribution >= 4 is 11.2 Å². The van der Waals surface area contributed by atoms with Gasteiger partial charge in [0.2, 0.25) is 0 Å². The normalized spacial score (nSPS) is 45.0. The van der Waals surface area contributed by atoms with E-state index in [1.54, 1.807) is 0 Å². The van der Waals surface area contributed by atoms with Gasteiger partial charge in [0.15, 0.2) is 4.75 Å². The van der Waals surface area contributed by atoms with E-state index in [0.29, 0.717) is 0 Å². The van der Waals surface area contributed by atoms with E-state index in [-0.39, 0.29) is 4.75 Å². The number of hydrogen-bond acceptors (Lipinski definition) is 2. The molecule has 2 nitrogen and oxygen atoms in total. The van der Waals surface area contributed by atoms with Crippen LogP contribution in [0, 0.1) is 0 Å². The second kappa shape index (κ2) is 2.96. The number of rotatable bonds is 0. The Balaban J connectivity index is 2.07. The summed E-state index contributed by atoms with van der Waals surface area (Å²) in [4.78, 5) is 0. The van der Waals surface area contributed by atoms with Crippen molar-refractivity contribution in [2.24, 2.45) is 0 Å². The zero-order chi connectivity index (χ0) is 7.73. The van der Waals surface area contributed by atoms with E-state index in [1.165, 1.54) is 6.42 Å². The molecule has 0 aromatic heterocycles. The van der Waals surface area contributed by atoms with Crippen molar-refractivity contribution in [2.45, 2.75) is 30.4 Å². The van der Waals surface area contributed by atoms with Crippen molar-refractivity contribution in [1.82, 2.24) is 0 Å². The first kappa shape index (κ1) is 7.90. The average Bonchev–Trinajstić information content (AvgIpc) is 2.46. The van der Waals surface area contributed by atoms with E-state index in [0.717, 1.165) is 38.2 Å². The second-order valence-corrected chi connectivity index (χ2v) is 5.46. The van der Waals surface area contributed by atoms with Gasteiger partial charge in [-0.25, -0.2) is 0 Å². The smallest absolute Gasteiger partial charge is 0.150 e. The van der Waals surface area contributed by atoms with Gasteiger partial charge in [0.1, 0.15) is 5.75 Å². The minimum atomic E-state index is -0.599. The van der Waals surface area contributed by atoms with Gasteiger partial charge in [-0.2, -0.15) is 0 Å². The number of hydrogen-bond donors (Lipinski definition) is 0. The zero-order valence-corrected chi connectivity index (χ0v) is 7.49. The number of ether oxygens (including phenoxy) is 1. The van der Waals surface area contributed by atoms with Gasteiger partial charge in [0.25, 0.3) is 0 Å². The third kappa shape index (κ3) is 1.30. The monoisotopic (exact) mass is 174 g/mol. The minimum absolute atomic E-state index is 0.0816. The van der Waals surface area contributed by atoms with Crippen LogP contribution in [0.2, 0.25) is 0 Å². The van der Waals surface area contributed by atoms with Gasteiger partial charge in [0.05, 0.1) is 13.2 Å². The van der Waals surface area contributed by atoms with Crippen LogP contribution in [0.4, 0.5) is 0 Å². The Bertz CT molecular complexity index is 143. The Hall–Kier alpha value is 0.270. The summed E-state index contributed by atoms with van der Waals surface area (Å²) >= 11 is -0.599. The molecule has 64 valence electrons. The van der Waals surface area contributed by atoms with E-state index in [2.05, 4.69) is 0 Å². The van der Waals surface area contributed by atoms with Crippen LogP contribution < -0.4 is 0 Å². The molecule has 2 fully saturated rings. The summed E-state index contributed by atoms with van der Waals surface area (Å²) in [5, 5.41) is 0. The lowest BCUT2D eigenvalue weighted by molar-refractivity contribution is 0.186. The summed E-state index contributed by atoms with van der Waals surface area (Å²) in [6.45, 7) is 1.57. The molecule has 11 heavy (non-hydrogen) atoms. The maximum absolute atomic E-state index is 11.6. The molecule has 2 saturated heterocycles. The molecule has 3 heteroatoms. The summed E-state index contributed by atoms with van der Waals surface area (Å²) in [5.41, 5.74) is 0. The van der Waals surface area contributed by atoms with Crippen molar-refractivity contribution < 1.29 is 9.29 Å². The van der Waals surface area contributed by atoms with E-state index in [9.17, 15) is 4.55 Å². The van der Waals surface area contributed by atoms with E-state index in [1.807, 2.05) is 0 Å². The molecule has 2 unspecified atom stereocenters. The topological polar surface area (TPSA) is 32.3 Å². The molecule has 2 aliphatic heterocycles. The first-order chi connectivity index (χ1) is 5.33. The molecular formula is C8H14O2S. The van der Waals surface area contributed by atoms with Gasteiger partial charge in [-0.1, -0.05) is 0 Å². The van der Waals surface area contributed by atoms with Crippen LogP contribution in [0.1, 0.15) is 25.7 Å². The highest BCUT2D eigenvalue weighted by Gasteiger charge is 2.47. The lowest BCUT2D eigenvalue weighted by Gasteiger charge is -2.34. The molecule has 0 amide bonds. The van der Waals surface area contributed by atoms with E-state index in [4.69, 9.17) is 4.74 Å². The SMILES string of the molecule is [O-][S+]1CCCCC12CCOC2. The summed E-state index contributed by atoms with van der Waals surface area (Å²) in [5.74, 6) is 0.906. The third-order valence-corrected chi connectivity index (χ3v) is 4.91. The summed E-state index contributed by atoms with van der Waals surface area (Å²) in [6.07, 6.45) is 4.54. The maximum Gasteiger partial charge on any atom is 0.150 e. The lowest BCUT2D eigenvalue weighted by atomic mass is 10.00. The van der Waals surface area contributed by atoms with Crippen LogP contribution in [0.5, 0.6) is 0 Å². The molecule has 2 atom stereocenters. The predicted molar refractivity (Wildman–Crippen MR) is 45.0 cm³/mol. The molecule has 0 N–H and O–H groups in total. The van der Waals surface area contributed by atoms with Gasteiger partial charge >= 0.3 is 0 Å². The first-order valence-corrected chi connectivity index (χ1v) is 5.62. The second-order valence-electron chi connectivity index (χ2n) is 3.49. The fourth-order valence-corrected chi connectivity index (χ4v) is 3.77. The summed E-state index contributed by atoms with van der Waals surface area (Å²) in [6, 6.07) is 0. The molecule has 1 spiro atoms. The van der Waals surface area contributed by atoms with Crippen molar-refractivity contribution in [3.05, 3.63) is 0 Å². The molecular weight excluding hydrogens is 160 g/mol. The molecule has 0 saturated carbocycles. The van der Waals surface area contributed by atoms with E-state index < -0.39 is 11.2 Å². The van der Waals surface area contributed by atoms with Crippen molar-refractivity contribution in [3.63, 3.8) is 0 Å². The highest BCUT2D eigenvalue weighted by atomic mass is 32.2. The Morgan fingerprint density at radius 3 is 2.82 bits per heavy atom. The maximum atomic E-state index is 11.6. The highest BCUT2D eigenvalue weighted by Crippen LogP contribution is 2.37. The Morgan fingerprint density at radius 1 is 1.27 bits per heavy atom. The quantitative estimate of drug-likeness (QED) is 0.515. The average molecular weight is 174 g/mol. The Labute approximate surface area is 70.5 Å². The van der Waals surface area contributed by atoms with Gasteiger partial charge in [-0.15, -0.1) is 0 Å². The van der Waals surface area contributed by atoms with Gasteiger partial charge in [0, 0.05) is 12.8 Å². The third-order valence-electron chi connectivity index (χ3n) is 2.76. The van der Waals surface area contributed by atoms with Crippen LogP contribution in [0.3, 0.4) is 0 Å². The molecule has 0 aliphatic carbocycles. The molecule has 2 aliphatic rings.